The summed E-state index contributed by atoms with van der Waals surface area (Å²) in [5.41, 5.74) is 2.08. The summed E-state index contributed by atoms with van der Waals surface area (Å²) in [6, 6.07) is 18.8. The first kappa shape index (κ1) is 23.7. The van der Waals surface area contributed by atoms with E-state index in [2.05, 4.69) is 42.0 Å². The van der Waals surface area contributed by atoms with E-state index in [0.717, 1.165) is 17.8 Å². The normalized spacial score (nSPS) is 11.3. The van der Waals surface area contributed by atoms with Gasteiger partial charge in [0.25, 0.3) is 5.91 Å². The largest absolute Gasteiger partial charge is 0.329 e. The molecule has 168 valence electrons. The third kappa shape index (κ3) is 5.65. The van der Waals surface area contributed by atoms with Crippen LogP contribution in [0.2, 0.25) is 0 Å². The number of hydrogen-bond donors (Lipinski definition) is 1. The van der Waals surface area contributed by atoms with E-state index in [4.69, 9.17) is 5.10 Å². The van der Waals surface area contributed by atoms with Crippen LogP contribution in [0.25, 0.3) is 5.69 Å². The fourth-order valence-electron chi connectivity index (χ4n) is 3.29. The van der Waals surface area contributed by atoms with Gasteiger partial charge in [-0.3, -0.25) is 9.59 Å². The van der Waals surface area contributed by atoms with E-state index in [1.165, 1.54) is 0 Å². The minimum atomic E-state index is -0.267. The summed E-state index contributed by atoms with van der Waals surface area (Å²) < 4.78 is 2.45. The van der Waals surface area contributed by atoms with Crippen LogP contribution < -0.4 is 5.32 Å². The standard InChI is InChI=1S/C25H29BrN4O2/c1-5-15-29(24(32)19-13-9-10-14-20(19)26)17-23(31)27-22-16-21(25(2,3)4)28-30(22)18-11-7-6-8-12-18/h6-14,16H,5,15,17H2,1-4H3,(H,27,31). The lowest BCUT2D eigenvalue weighted by atomic mass is 9.92. The van der Waals surface area contributed by atoms with Gasteiger partial charge in [0.15, 0.2) is 0 Å². The number of carbonyl (C=O) groups is 2. The molecule has 6 nitrogen and oxygen atoms in total. The molecule has 0 aliphatic heterocycles. The van der Waals surface area contributed by atoms with Crippen molar-refractivity contribution in [3.05, 3.63) is 76.4 Å². The highest BCUT2D eigenvalue weighted by Crippen LogP contribution is 2.26. The fourth-order valence-corrected chi connectivity index (χ4v) is 3.74. The minimum Gasteiger partial charge on any atom is -0.329 e. The SMILES string of the molecule is CCCN(CC(=O)Nc1cc(C(C)(C)C)nn1-c1ccccc1)C(=O)c1ccccc1Br. The second-order valence-electron chi connectivity index (χ2n) is 8.67. The number of anilines is 1. The minimum absolute atomic E-state index is 0.0428. The van der Waals surface area contributed by atoms with Crippen LogP contribution in [0.3, 0.4) is 0 Å². The molecule has 0 fully saturated rings. The van der Waals surface area contributed by atoms with Gasteiger partial charge in [-0.2, -0.15) is 5.10 Å². The van der Waals surface area contributed by atoms with Gasteiger partial charge < -0.3 is 10.2 Å². The molecule has 3 rings (SSSR count). The summed E-state index contributed by atoms with van der Waals surface area (Å²) in [4.78, 5) is 27.6. The summed E-state index contributed by atoms with van der Waals surface area (Å²) in [5, 5.41) is 7.70. The third-order valence-corrected chi connectivity index (χ3v) is 5.66. The molecule has 0 aliphatic carbocycles. The Kier molecular flexibility index (Phi) is 7.51. The molecule has 1 N–H and O–H groups in total. The zero-order valence-corrected chi connectivity index (χ0v) is 20.5. The molecule has 0 aliphatic rings. The Morgan fingerprint density at radius 2 is 1.72 bits per heavy atom. The van der Waals surface area contributed by atoms with Gasteiger partial charge in [0.1, 0.15) is 12.4 Å². The van der Waals surface area contributed by atoms with E-state index < -0.39 is 0 Å². The summed E-state index contributed by atoms with van der Waals surface area (Å²) in [6.45, 7) is 8.66. The van der Waals surface area contributed by atoms with Crippen molar-refractivity contribution in [3.8, 4) is 5.69 Å². The number of para-hydroxylation sites is 1. The van der Waals surface area contributed by atoms with Gasteiger partial charge in [-0.25, -0.2) is 4.68 Å². The van der Waals surface area contributed by atoms with Crippen molar-refractivity contribution in [1.29, 1.82) is 0 Å². The van der Waals surface area contributed by atoms with Gasteiger partial charge in [0.2, 0.25) is 5.91 Å². The van der Waals surface area contributed by atoms with Crippen LogP contribution in [0.5, 0.6) is 0 Å². The third-order valence-electron chi connectivity index (χ3n) is 4.97. The van der Waals surface area contributed by atoms with Crippen molar-refractivity contribution >= 4 is 33.6 Å². The highest BCUT2D eigenvalue weighted by Gasteiger charge is 2.24. The number of hydrogen-bond acceptors (Lipinski definition) is 3. The smallest absolute Gasteiger partial charge is 0.255 e. The monoisotopic (exact) mass is 496 g/mol. The number of carbonyl (C=O) groups excluding carboxylic acids is 2. The maximum Gasteiger partial charge on any atom is 0.255 e. The number of nitrogens with zero attached hydrogens (tertiary/aromatic N) is 3. The Bertz CT molecular complexity index is 1090. The zero-order chi connectivity index (χ0) is 23.3. The first-order chi connectivity index (χ1) is 15.2. The summed E-state index contributed by atoms with van der Waals surface area (Å²) >= 11 is 3.43. The Labute approximate surface area is 197 Å². The molecule has 0 saturated heterocycles. The molecule has 2 aromatic carbocycles. The summed E-state index contributed by atoms with van der Waals surface area (Å²) in [5.74, 6) is 0.133. The number of aromatic nitrogens is 2. The summed E-state index contributed by atoms with van der Waals surface area (Å²) in [6.07, 6.45) is 0.750. The van der Waals surface area contributed by atoms with Crippen LogP contribution in [0.1, 0.15) is 50.2 Å². The second kappa shape index (κ2) is 10.1. The first-order valence-electron chi connectivity index (χ1n) is 10.7. The molecule has 0 unspecified atom stereocenters. The van der Waals surface area contributed by atoms with Crippen molar-refractivity contribution in [2.45, 2.75) is 39.5 Å². The van der Waals surface area contributed by atoms with Crippen molar-refractivity contribution in [2.24, 2.45) is 0 Å². The lowest BCUT2D eigenvalue weighted by molar-refractivity contribution is -0.116. The molecule has 0 bridgehead atoms. The molecule has 7 heteroatoms. The quantitative estimate of drug-likeness (QED) is 0.474. The molecule has 0 atom stereocenters. The number of amides is 2. The summed E-state index contributed by atoms with van der Waals surface area (Å²) in [7, 11) is 0. The number of nitrogens with one attached hydrogen (secondary N) is 1. The predicted molar refractivity (Wildman–Crippen MR) is 131 cm³/mol. The van der Waals surface area contributed by atoms with Crippen LogP contribution in [0.4, 0.5) is 5.82 Å². The molecule has 0 radical (unpaired) electrons. The molecule has 0 spiro atoms. The van der Waals surface area contributed by atoms with E-state index in [1.807, 2.05) is 61.5 Å². The van der Waals surface area contributed by atoms with Crippen LogP contribution >= 0.6 is 15.9 Å². The molecular weight excluding hydrogens is 468 g/mol. The predicted octanol–water partition coefficient (Wildman–Crippen LogP) is 5.42. The topological polar surface area (TPSA) is 67.2 Å². The molecule has 0 saturated carbocycles. The molecule has 1 heterocycles. The Balaban J connectivity index is 1.84. The van der Waals surface area contributed by atoms with Gasteiger partial charge in [-0.15, -0.1) is 0 Å². The average molecular weight is 497 g/mol. The van der Waals surface area contributed by atoms with Gasteiger partial charge in [-0.1, -0.05) is 58.0 Å². The van der Waals surface area contributed by atoms with Crippen LogP contribution in [0, 0.1) is 0 Å². The molecule has 3 aromatic rings. The Morgan fingerprint density at radius 1 is 1.06 bits per heavy atom. The van der Waals surface area contributed by atoms with E-state index in [9.17, 15) is 9.59 Å². The van der Waals surface area contributed by atoms with Gasteiger partial charge in [0, 0.05) is 22.5 Å². The molecule has 32 heavy (non-hydrogen) atoms. The maximum absolute atomic E-state index is 13.1. The van der Waals surface area contributed by atoms with Crippen molar-refractivity contribution in [1.82, 2.24) is 14.7 Å². The zero-order valence-electron chi connectivity index (χ0n) is 18.9. The molecule has 2 amide bonds. The fraction of sp³-hybridized carbons (Fsp3) is 0.320. The van der Waals surface area contributed by atoms with Gasteiger partial charge >= 0.3 is 0 Å². The first-order valence-corrected chi connectivity index (χ1v) is 11.5. The van der Waals surface area contributed by atoms with Crippen LogP contribution in [0.15, 0.2) is 65.1 Å². The Morgan fingerprint density at radius 3 is 2.34 bits per heavy atom. The maximum atomic E-state index is 13.1. The van der Waals surface area contributed by atoms with Gasteiger partial charge in [0.05, 0.1) is 16.9 Å². The van der Waals surface area contributed by atoms with E-state index in [0.29, 0.717) is 22.4 Å². The van der Waals surface area contributed by atoms with Crippen molar-refractivity contribution < 1.29 is 9.59 Å². The second-order valence-corrected chi connectivity index (χ2v) is 9.52. The molecular formula is C25H29BrN4O2. The Hall–Kier alpha value is -2.93. The van der Waals surface area contributed by atoms with Crippen LogP contribution in [-0.2, 0) is 10.2 Å². The average Bonchev–Trinajstić information content (AvgIpc) is 3.18. The number of rotatable bonds is 7. The van der Waals surface area contributed by atoms with E-state index >= 15 is 0 Å². The highest BCUT2D eigenvalue weighted by molar-refractivity contribution is 9.10. The number of benzene rings is 2. The molecule has 1 aromatic heterocycles. The van der Waals surface area contributed by atoms with Crippen LogP contribution in [-0.4, -0.2) is 39.6 Å². The van der Waals surface area contributed by atoms with Gasteiger partial charge in [-0.05, 0) is 46.6 Å². The van der Waals surface area contributed by atoms with Crippen molar-refractivity contribution in [2.75, 3.05) is 18.4 Å². The lowest BCUT2D eigenvalue weighted by Crippen LogP contribution is -2.39. The lowest BCUT2D eigenvalue weighted by Gasteiger charge is -2.22. The van der Waals surface area contributed by atoms with Crippen molar-refractivity contribution in [3.63, 3.8) is 0 Å². The number of halogens is 1. The highest BCUT2D eigenvalue weighted by atomic mass is 79.9. The van der Waals surface area contributed by atoms with E-state index in [-0.39, 0.29) is 23.8 Å². The van der Waals surface area contributed by atoms with E-state index in [1.54, 1.807) is 15.6 Å².